The Kier molecular flexibility index (Phi) is 6.35. The minimum Gasteiger partial charge on any atom is -0.507 e. The first kappa shape index (κ1) is 22.8. The number of aromatic nitrogens is 1. The molecule has 6 nitrogen and oxygen atoms in total. The zero-order valence-electron chi connectivity index (χ0n) is 17.3. The number of hydrogen-bond acceptors (Lipinski definition) is 5. The third-order valence-electron chi connectivity index (χ3n) is 5.33. The van der Waals surface area contributed by atoms with Gasteiger partial charge in [-0.2, -0.15) is 0 Å². The number of Topliss-reactive ketones (excluding diaryl/α,β-unsaturated/α-hetero) is 1. The molecule has 0 bridgehead atoms. The number of carbonyl (C=O) groups is 2. The third-order valence-corrected chi connectivity index (χ3v) is 6.07. The summed E-state index contributed by atoms with van der Waals surface area (Å²) in [7, 11) is 1.31. The van der Waals surface area contributed by atoms with Crippen molar-refractivity contribution in [1.82, 2.24) is 9.88 Å². The number of ether oxygens (including phenoxy) is 1. The minimum atomic E-state index is -0.974. The lowest BCUT2D eigenvalue weighted by Crippen LogP contribution is -2.29. The van der Waals surface area contributed by atoms with Crippen molar-refractivity contribution in [3.8, 4) is 5.75 Å². The molecule has 9 heteroatoms. The highest BCUT2D eigenvalue weighted by molar-refractivity contribution is 6.46. The third kappa shape index (κ3) is 4.29. The second-order valence-corrected chi connectivity index (χ2v) is 8.12. The van der Waals surface area contributed by atoms with Gasteiger partial charge < -0.3 is 14.7 Å². The molecule has 0 spiro atoms. The highest BCUT2D eigenvalue weighted by Gasteiger charge is 2.46. The van der Waals surface area contributed by atoms with Gasteiger partial charge in [-0.3, -0.25) is 14.6 Å². The van der Waals surface area contributed by atoms with Crippen LogP contribution in [0, 0.1) is 5.82 Å². The molecule has 0 aliphatic carbocycles. The molecule has 1 saturated heterocycles. The van der Waals surface area contributed by atoms with Gasteiger partial charge in [-0.15, -0.1) is 0 Å². The average molecular weight is 487 g/mol. The molecule has 3 aromatic rings. The van der Waals surface area contributed by atoms with Gasteiger partial charge in [-0.25, -0.2) is 4.39 Å². The lowest BCUT2D eigenvalue weighted by Gasteiger charge is -2.25. The van der Waals surface area contributed by atoms with Crippen molar-refractivity contribution in [2.24, 2.45) is 0 Å². The highest BCUT2D eigenvalue weighted by Crippen LogP contribution is 2.42. The molecule has 1 atom stereocenters. The molecule has 33 heavy (non-hydrogen) atoms. The predicted molar refractivity (Wildman–Crippen MR) is 121 cm³/mol. The Morgan fingerprint density at radius 3 is 2.45 bits per heavy atom. The van der Waals surface area contributed by atoms with Crippen LogP contribution in [0.1, 0.15) is 22.7 Å². The van der Waals surface area contributed by atoms with Crippen LogP contribution >= 0.6 is 23.2 Å². The Morgan fingerprint density at radius 2 is 1.82 bits per heavy atom. The summed E-state index contributed by atoms with van der Waals surface area (Å²) in [5.41, 5.74) is 1.04. The Hall–Kier alpha value is -3.42. The zero-order valence-corrected chi connectivity index (χ0v) is 18.8. The van der Waals surface area contributed by atoms with Gasteiger partial charge >= 0.3 is 0 Å². The van der Waals surface area contributed by atoms with E-state index in [1.165, 1.54) is 30.2 Å². The Bertz CT molecular complexity index is 1280. The van der Waals surface area contributed by atoms with Crippen molar-refractivity contribution in [1.29, 1.82) is 0 Å². The highest BCUT2D eigenvalue weighted by atomic mass is 35.5. The first-order valence-electron chi connectivity index (χ1n) is 9.78. The molecule has 0 radical (unpaired) electrons. The Balaban J connectivity index is 1.88. The molecule has 1 amide bonds. The fourth-order valence-electron chi connectivity index (χ4n) is 3.73. The van der Waals surface area contributed by atoms with E-state index in [9.17, 15) is 19.1 Å². The number of methoxy groups -OCH3 is 1. The summed E-state index contributed by atoms with van der Waals surface area (Å²) in [6, 6.07) is 10.9. The van der Waals surface area contributed by atoms with Gasteiger partial charge in [-0.1, -0.05) is 29.3 Å². The lowest BCUT2D eigenvalue weighted by molar-refractivity contribution is -0.140. The van der Waals surface area contributed by atoms with Crippen LogP contribution in [0.3, 0.4) is 0 Å². The van der Waals surface area contributed by atoms with Gasteiger partial charge in [0.15, 0.2) is 11.6 Å². The molecule has 1 fully saturated rings. The van der Waals surface area contributed by atoms with Gasteiger partial charge in [-0.05, 0) is 53.6 Å². The van der Waals surface area contributed by atoms with E-state index in [0.29, 0.717) is 10.6 Å². The summed E-state index contributed by atoms with van der Waals surface area (Å²) in [6.45, 7) is 0.0752. The fraction of sp³-hybridized carbons (Fsp3) is 0.125. The maximum absolute atomic E-state index is 14.3. The number of aliphatic hydroxyl groups is 1. The van der Waals surface area contributed by atoms with Crippen molar-refractivity contribution >= 4 is 40.7 Å². The second-order valence-electron chi connectivity index (χ2n) is 7.31. The van der Waals surface area contributed by atoms with Crippen molar-refractivity contribution < 1.29 is 23.8 Å². The normalized spacial score (nSPS) is 17.5. The summed E-state index contributed by atoms with van der Waals surface area (Å²) >= 11 is 12.3. The SMILES string of the molecule is COc1ccc(C(O)=C2C(=O)C(=O)N(Cc3ccncc3)[C@H]2c2ccc(Cl)c(Cl)c2)cc1F. The topological polar surface area (TPSA) is 79.7 Å². The zero-order chi connectivity index (χ0) is 23.7. The van der Waals surface area contributed by atoms with Crippen LogP contribution in [0.25, 0.3) is 5.76 Å². The van der Waals surface area contributed by atoms with E-state index in [2.05, 4.69) is 4.98 Å². The summed E-state index contributed by atoms with van der Waals surface area (Å²) in [5.74, 6) is -2.96. The first-order chi connectivity index (χ1) is 15.8. The first-order valence-corrected chi connectivity index (χ1v) is 10.5. The van der Waals surface area contributed by atoms with Gasteiger partial charge in [0, 0.05) is 24.5 Å². The standard InChI is InChI=1S/C24H17Cl2FN2O4/c1-33-19-5-3-15(11-18(19)27)22(30)20-21(14-2-4-16(25)17(26)10-14)29(24(32)23(20)31)12-13-6-8-28-9-7-13/h2-11,21,30H,12H2,1H3/t21-/m0/s1. The van der Waals surface area contributed by atoms with Gasteiger partial charge in [0.05, 0.1) is 28.8 Å². The molecule has 1 aromatic heterocycles. The largest absolute Gasteiger partial charge is 0.507 e. The molecule has 1 aliphatic rings. The van der Waals surface area contributed by atoms with Gasteiger partial charge in [0.1, 0.15) is 5.76 Å². The molecule has 1 aliphatic heterocycles. The van der Waals surface area contributed by atoms with Crippen LogP contribution in [0.2, 0.25) is 10.0 Å². The van der Waals surface area contributed by atoms with Crippen molar-refractivity contribution in [3.63, 3.8) is 0 Å². The molecule has 0 saturated carbocycles. The summed E-state index contributed by atoms with van der Waals surface area (Å²) in [6.07, 6.45) is 3.14. The van der Waals surface area contributed by atoms with E-state index in [1.807, 2.05) is 0 Å². The smallest absolute Gasteiger partial charge is 0.295 e. The lowest BCUT2D eigenvalue weighted by atomic mass is 9.95. The number of likely N-dealkylation sites (tertiary alicyclic amines) is 1. The van der Waals surface area contributed by atoms with E-state index in [-0.39, 0.29) is 28.5 Å². The maximum Gasteiger partial charge on any atom is 0.295 e. The summed E-state index contributed by atoms with van der Waals surface area (Å²) in [4.78, 5) is 31.4. The molecule has 2 heterocycles. The number of benzene rings is 2. The molecule has 2 aromatic carbocycles. The number of ketones is 1. The Labute approximate surface area is 198 Å². The number of aliphatic hydroxyl groups excluding tert-OH is 1. The monoisotopic (exact) mass is 486 g/mol. The number of nitrogens with zero attached hydrogens (tertiary/aromatic N) is 2. The van der Waals surface area contributed by atoms with Crippen LogP contribution < -0.4 is 4.74 Å². The molecule has 1 N–H and O–H groups in total. The number of rotatable bonds is 5. The predicted octanol–water partition coefficient (Wildman–Crippen LogP) is 5.16. The van der Waals surface area contributed by atoms with E-state index >= 15 is 0 Å². The van der Waals surface area contributed by atoms with Crippen LogP contribution in [-0.4, -0.2) is 33.8 Å². The van der Waals surface area contributed by atoms with E-state index < -0.39 is 29.3 Å². The van der Waals surface area contributed by atoms with Crippen LogP contribution in [0.5, 0.6) is 5.75 Å². The summed E-state index contributed by atoms with van der Waals surface area (Å²) < 4.78 is 19.2. The summed E-state index contributed by atoms with van der Waals surface area (Å²) in [5, 5.41) is 11.6. The van der Waals surface area contributed by atoms with Gasteiger partial charge in [0.25, 0.3) is 11.7 Å². The van der Waals surface area contributed by atoms with Crippen molar-refractivity contribution in [2.45, 2.75) is 12.6 Å². The average Bonchev–Trinajstić information content (AvgIpc) is 3.06. The Morgan fingerprint density at radius 1 is 1.09 bits per heavy atom. The van der Waals surface area contributed by atoms with E-state index in [0.717, 1.165) is 11.6 Å². The maximum atomic E-state index is 14.3. The van der Waals surface area contributed by atoms with Crippen molar-refractivity contribution in [2.75, 3.05) is 7.11 Å². The van der Waals surface area contributed by atoms with Crippen LogP contribution in [0.15, 0.2) is 66.5 Å². The number of carbonyl (C=O) groups excluding carboxylic acids is 2. The molecule has 0 unspecified atom stereocenters. The number of hydrogen-bond donors (Lipinski definition) is 1. The minimum absolute atomic E-state index is 0.0225. The van der Waals surface area contributed by atoms with Crippen LogP contribution in [0.4, 0.5) is 4.39 Å². The van der Waals surface area contributed by atoms with Crippen molar-refractivity contribution in [3.05, 3.63) is 99.1 Å². The van der Waals surface area contributed by atoms with Crippen LogP contribution in [-0.2, 0) is 16.1 Å². The number of pyridine rings is 1. The van der Waals surface area contributed by atoms with E-state index in [1.54, 1.807) is 36.7 Å². The fourth-order valence-corrected chi connectivity index (χ4v) is 4.03. The second kappa shape index (κ2) is 9.21. The molecule has 168 valence electrons. The van der Waals surface area contributed by atoms with Gasteiger partial charge in [0.2, 0.25) is 0 Å². The molecule has 4 rings (SSSR count). The number of amides is 1. The molecular weight excluding hydrogens is 470 g/mol. The molecular formula is C24H17Cl2FN2O4. The number of halogens is 3. The van der Waals surface area contributed by atoms with E-state index in [4.69, 9.17) is 27.9 Å². The quantitative estimate of drug-likeness (QED) is 0.306.